The van der Waals surface area contributed by atoms with Crippen molar-refractivity contribution < 1.29 is 4.79 Å². The van der Waals surface area contributed by atoms with Gasteiger partial charge in [0, 0.05) is 43.2 Å². The molecule has 4 heteroatoms. The molecule has 0 atom stereocenters. The number of carbonyl (C=O) groups excluding carboxylic acids is 1. The summed E-state index contributed by atoms with van der Waals surface area (Å²) in [5.41, 5.74) is 2.55. The van der Waals surface area contributed by atoms with Crippen LogP contribution in [0.1, 0.15) is 16.0 Å². The van der Waals surface area contributed by atoms with E-state index in [1.54, 1.807) is 11.0 Å². The predicted molar refractivity (Wildman–Crippen MR) is 94.3 cm³/mol. The van der Waals surface area contributed by atoms with Crippen LogP contribution in [0.25, 0.3) is 6.08 Å². The van der Waals surface area contributed by atoms with E-state index in [0.717, 1.165) is 38.2 Å². The second-order valence-corrected chi connectivity index (χ2v) is 7.23. The zero-order valence-electron chi connectivity index (χ0n) is 13.0. The molecule has 0 N–H and O–H groups in total. The van der Waals surface area contributed by atoms with Crippen molar-refractivity contribution in [2.75, 3.05) is 19.6 Å². The third kappa shape index (κ3) is 3.09. The van der Waals surface area contributed by atoms with Gasteiger partial charge in [-0.25, -0.2) is 0 Å². The lowest BCUT2D eigenvalue weighted by Crippen LogP contribution is -2.61. The van der Waals surface area contributed by atoms with E-state index >= 15 is 0 Å². The van der Waals surface area contributed by atoms with Crippen LogP contribution >= 0.6 is 11.3 Å². The third-order valence-electron chi connectivity index (χ3n) is 4.75. The molecule has 1 amide bonds. The maximum Gasteiger partial charge on any atom is 0.246 e. The van der Waals surface area contributed by atoms with Crippen LogP contribution in [0, 0.1) is 0 Å². The standard InChI is InChI=1S/C19H20N2OS/c22-19(7-6-15-4-2-1-3-5-15)21-13-17(14-21)20-10-8-18-16(12-20)9-11-23-18/h1-7,9,11,17H,8,10,12-14H2/b7-6+. The van der Waals surface area contributed by atoms with Crippen molar-refractivity contribution in [1.82, 2.24) is 9.80 Å². The molecule has 23 heavy (non-hydrogen) atoms. The van der Waals surface area contributed by atoms with Gasteiger partial charge in [-0.3, -0.25) is 9.69 Å². The van der Waals surface area contributed by atoms with E-state index in [1.807, 2.05) is 52.6 Å². The molecule has 0 unspecified atom stereocenters. The minimum Gasteiger partial charge on any atom is -0.336 e. The lowest BCUT2D eigenvalue weighted by Gasteiger charge is -2.46. The van der Waals surface area contributed by atoms with Crippen LogP contribution < -0.4 is 0 Å². The highest BCUT2D eigenvalue weighted by Gasteiger charge is 2.35. The van der Waals surface area contributed by atoms with Gasteiger partial charge in [0.2, 0.25) is 5.91 Å². The molecule has 118 valence electrons. The highest BCUT2D eigenvalue weighted by molar-refractivity contribution is 7.10. The number of nitrogens with zero attached hydrogens (tertiary/aromatic N) is 2. The van der Waals surface area contributed by atoms with Gasteiger partial charge in [-0.15, -0.1) is 11.3 Å². The topological polar surface area (TPSA) is 23.6 Å². The number of rotatable bonds is 3. The first-order valence-corrected chi connectivity index (χ1v) is 8.99. The number of hydrogen-bond donors (Lipinski definition) is 0. The zero-order chi connectivity index (χ0) is 15.6. The number of hydrogen-bond acceptors (Lipinski definition) is 3. The molecule has 2 aliphatic heterocycles. The van der Waals surface area contributed by atoms with Crippen molar-refractivity contribution in [3.05, 3.63) is 63.9 Å². The van der Waals surface area contributed by atoms with Crippen molar-refractivity contribution in [2.24, 2.45) is 0 Å². The Kier molecular flexibility index (Phi) is 4.02. The van der Waals surface area contributed by atoms with E-state index in [4.69, 9.17) is 0 Å². The van der Waals surface area contributed by atoms with Crippen molar-refractivity contribution in [3.63, 3.8) is 0 Å². The Morgan fingerprint density at radius 1 is 1.17 bits per heavy atom. The molecule has 1 fully saturated rings. The molecule has 1 aromatic heterocycles. The molecule has 4 rings (SSSR count). The summed E-state index contributed by atoms with van der Waals surface area (Å²) >= 11 is 1.87. The Bertz CT molecular complexity index is 716. The van der Waals surface area contributed by atoms with E-state index in [-0.39, 0.29) is 5.91 Å². The Labute approximate surface area is 140 Å². The maximum absolute atomic E-state index is 12.2. The number of thiophene rings is 1. The summed E-state index contributed by atoms with van der Waals surface area (Å²) < 4.78 is 0. The molecular formula is C19H20N2OS. The lowest BCUT2D eigenvalue weighted by molar-refractivity contribution is -0.133. The van der Waals surface area contributed by atoms with Gasteiger partial charge in [0.25, 0.3) is 0 Å². The van der Waals surface area contributed by atoms with E-state index in [1.165, 1.54) is 5.56 Å². The quantitative estimate of drug-likeness (QED) is 0.810. The molecule has 0 radical (unpaired) electrons. The fraction of sp³-hybridized carbons (Fsp3) is 0.316. The van der Waals surface area contributed by atoms with Crippen LogP contribution in [0.3, 0.4) is 0 Å². The van der Waals surface area contributed by atoms with Gasteiger partial charge in [0.1, 0.15) is 0 Å². The normalized spacial score (nSPS) is 18.9. The predicted octanol–water partition coefficient (Wildman–Crippen LogP) is 3.03. The number of carbonyl (C=O) groups is 1. The molecule has 2 aromatic rings. The molecule has 0 aliphatic carbocycles. The monoisotopic (exact) mass is 324 g/mol. The van der Waals surface area contributed by atoms with Crippen molar-refractivity contribution in [2.45, 2.75) is 19.0 Å². The largest absolute Gasteiger partial charge is 0.336 e. The Morgan fingerprint density at radius 3 is 2.83 bits per heavy atom. The average Bonchev–Trinajstić information content (AvgIpc) is 3.00. The molecule has 0 spiro atoms. The van der Waals surface area contributed by atoms with Crippen LogP contribution in [-0.4, -0.2) is 41.4 Å². The van der Waals surface area contributed by atoms with Crippen molar-refractivity contribution >= 4 is 23.3 Å². The fourth-order valence-electron chi connectivity index (χ4n) is 3.29. The molecular weight excluding hydrogens is 304 g/mol. The minimum absolute atomic E-state index is 0.123. The van der Waals surface area contributed by atoms with Crippen LogP contribution in [0.4, 0.5) is 0 Å². The Balaban J connectivity index is 1.30. The SMILES string of the molecule is O=C(/C=C/c1ccccc1)N1CC(N2CCc3sccc3C2)C1. The number of benzene rings is 1. The number of likely N-dealkylation sites (tertiary alicyclic amines) is 1. The van der Waals surface area contributed by atoms with Crippen molar-refractivity contribution in [3.8, 4) is 0 Å². The minimum atomic E-state index is 0.123. The van der Waals surface area contributed by atoms with E-state index in [9.17, 15) is 4.79 Å². The zero-order valence-corrected chi connectivity index (χ0v) is 13.8. The van der Waals surface area contributed by atoms with Crippen LogP contribution in [0.2, 0.25) is 0 Å². The van der Waals surface area contributed by atoms with E-state index in [2.05, 4.69) is 16.3 Å². The summed E-state index contributed by atoms with van der Waals surface area (Å²) in [7, 11) is 0. The second kappa shape index (κ2) is 6.30. The molecule has 3 heterocycles. The molecule has 3 nitrogen and oxygen atoms in total. The number of amides is 1. The van der Waals surface area contributed by atoms with Gasteiger partial charge in [-0.1, -0.05) is 30.3 Å². The average molecular weight is 324 g/mol. The van der Waals surface area contributed by atoms with Crippen LogP contribution in [-0.2, 0) is 17.8 Å². The van der Waals surface area contributed by atoms with Crippen molar-refractivity contribution in [1.29, 1.82) is 0 Å². The molecule has 2 aliphatic rings. The van der Waals surface area contributed by atoms with E-state index in [0.29, 0.717) is 6.04 Å². The van der Waals surface area contributed by atoms with Crippen LogP contribution in [0.5, 0.6) is 0 Å². The summed E-state index contributed by atoms with van der Waals surface area (Å²) in [6.45, 7) is 3.89. The Morgan fingerprint density at radius 2 is 2.00 bits per heavy atom. The van der Waals surface area contributed by atoms with Gasteiger partial charge in [0.05, 0.1) is 0 Å². The fourth-order valence-corrected chi connectivity index (χ4v) is 4.17. The first kappa shape index (κ1) is 14.7. The first-order valence-electron chi connectivity index (χ1n) is 8.11. The third-order valence-corrected chi connectivity index (χ3v) is 5.77. The molecule has 0 bridgehead atoms. The summed E-state index contributed by atoms with van der Waals surface area (Å²) in [5.74, 6) is 0.123. The van der Waals surface area contributed by atoms with E-state index < -0.39 is 0 Å². The highest BCUT2D eigenvalue weighted by Crippen LogP contribution is 2.27. The Hall–Kier alpha value is -1.91. The van der Waals surface area contributed by atoms with Gasteiger partial charge in [-0.05, 0) is 35.1 Å². The summed E-state index contributed by atoms with van der Waals surface area (Å²) in [4.78, 5) is 18.2. The summed E-state index contributed by atoms with van der Waals surface area (Å²) in [6.07, 6.45) is 4.75. The first-order chi connectivity index (χ1) is 11.3. The van der Waals surface area contributed by atoms with Gasteiger partial charge < -0.3 is 4.90 Å². The molecule has 1 saturated heterocycles. The molecule has 0 saturated carbocycles. The molecule has 1 aromatic carbocycles. The lowest BCUT2D eigenvalue weighted by atomic mass is 10.0. The van der Waals surface area contributed by atoms with Gasteiger partial charge >= 0.3 is 0 Å². The highest BCUT2D eigenvalue weighted by atomic mass is 32.1. The smallest absolute Gasteiger partial charge is 0.246 e. The van der Waals surface area contributed by atoms with Gasteiger partial charge in [-0.2, -0.15) is 0 Å². The summed E-state index contributed by atoms with van der Waals surface area (Å²) in [5, 5.41) is 2.19. The second-order valence-electron chi connectivity index (χ2n) is 6.23. The van der Waals surface area contributed by atoms with Gasteiger partial charge in [0.15, 0.2) is 0 Å². The summed E-state index contributed by atoms with van der Waals surface area (Å²) in [6, 6.07) is 12.7. The van der Waals surface area contributed by atoms with Crippen LogP contribution in [0.15, 0.2) is 47.9 Å². The maximum atomic E-state index is 12.2. The number of fused-ring (bicyclic) bond motifs is 1.